The van der Waals surface area contributed by atoms with Gasteiger partial charge >= 0.3 is 5.97 Å². The van der Waals surface area contributed by atoms with Crippen LogP contribution in [0.25, 0.3) is 0 Å². The third-order valence-electron chi connectivity index (χ3n) is 6.20. The van der Waals surface area contributed by atoms with E-state index in [2.05, 4.69) is 12.6 Å². The molecule has 38 heavy (non-hydrogen) atoms. The quantitative estimate of drug-likeness (QED) is 0.240. The van der Waals surface area contributed by atoms with E-state index >= 15 is 0 Å². The van der Waals surface area contributed by atoms with E-state index in [0.717, 1.165) is 16.7 Å². The Morgan fingerprint density at radius 3 is 2.66 bits per heavy atom. The minimum absolute atomic E-state index is 0.0299. The average molecular weight is 513 g/mol. The number of nitriles is 1. The highest BCUT2D eigenvalue weighted by Crippen LogP contribution is 2.45. The Balaban J connectivity index is 1.58. The minimum atomic E-state index is -0.570. The lowest BCUT2D eigenvalue weighted by atomic mass is 9.83. The number of rotatable bonds is 9. The van der Waals surface area contributed by atoms with Gasteiger partial charge in [0.25, 0.3) is 0 Å². The number of carbonyl (C=O) groups excluding carboxylic acids is 1. The van der Waals surface area contributed by atoms with Crippen LogP contribution in [0.5, 0.6) is 28.7 Å². The summed E-state index contributed by atoms with van der Waals surface area (Å²) in [5.74, 6) is 1.18. The molecule has 0 saturated carbocycles. The number of methoxy groups -OCH3 is 1. The molecule has 8 nitrogen and oxygen atoms in total. The zero-order valence-electron chi connectivity index (χ0n) is 21.4. The Labute approximate surface area is 221 Å². The molecule has 1 atom stereocenters. The van der Waals surface area contributed by atoms with Gasteiger partial charge in [0.05, 0.1) is 13.0 Å². The number of fused-ring (bicyclic) bond motifs is 1. The number of nitrogens with zero attached hydrogens (tertiary/aromatic N) is 1. The predicted octanol–water partition coefficient (Wildman–Crippen LogP) is 5.08. The second-order valence-corrected chi connectivity index (χ2v) is 8.60. The normalized spacial score (nSPS) is 14.0. The zero-order valence-corrected chi connectivity index (χ0v) is 21.4. The predicted molar refractivity (Wildman–Crippen MR) is 141 cm³/mol. The lowest BCUT2D eigenvalue weighted by molar-refractivity contribution is -0.136. The summed E-state index contributed by atoms with van der Waals surface area (Å²) in [7, 11) is 1.54. The molecule has 4 rings (SSSR count). The Kier molecular flexibility index (Phi) is 7.88. The van der Waals surface area contributed by atoms with Gasteiger partial charge in [0, 0.05) is 11.6 Å². The van der Waals surface area contributed by atoms with E-state index in [0.29, 0.717) is 35.2 Å². The fraction of sp³-hybridized carbons (Fsp3) is 0.200. The Morgan fingerprint density at radius 2 is 1.92 bits per heavy atom. The van der Waals surface area contributed by atoms with Crippen LogP contribution in [0.4, 0.5) is 0 Å². The highest BCUT2D eigenvalue weighted by Gasteiger charge is 2.31. The van der Waals surface area contributed by atoms with Crippen LogP contribution in [0.3, 0.4) is 0 Å². The van der Waals surface area contributed by atoms with E-state index in [9.17, 15) is 10.1 Å². The largest absolute Gasteiger partial charge is 0.493 e. The highest BCUT2D eigenvalue weighted by molar-refractivity contribution is 5.74. The van der Waals surface area contributed by atoms with Crippen molar-refractivity contribution in [1.29, 1.82) is 5.26 Å². The number of benzene rings is 3. The first-order chi connectivity index (χ1) is 18.4. The molecule has 1 heterocycles. The Morgan fingerprint density at radius 1 is 1.11 bits per heavy atom. The first-order valence-electron chi connectivity index (χ1n) is 11.9. The molecule has 3 aromatic carbocycles. The van der Waals surface area contributed by atoms with Crippen molar-refractivity contribution in [1.82, 2.24) is 0 Å². The first kappa shape index (κ1) is 26.2. The highest BCUT2D eigenvalue weighted by atomic mass is 16.6. The van der Waals surface area contributed by atoms with Crippen LogP contribution in [-0.2, 0) is 4.79 Å². The molecule has 0 aromatic heterocycles. The van der Waals surface area contributed by atoms with Crippen LogP contribution in [-0.4, -0.2) is 26.3 Å². The third-order valence-corrected chi connectivity index (χ3v) is 6.20. The molecule has 0 aliphatic carbocycles. The van der Waals surface area contributed by atoms with Gasteiger partial charge in [0.2, 0.25) is 5.88 Å². The number of carbonyl (C=O) groups is 1. The zero-order chi connectivity index (χ0) is 27.2. The molecule has 0 spiro atoms. The molecular formula is C30H28N2O6. The Hall–Kier alpha value is -4.90. The molecule has 0 amide bonds. The van der Waals surface area contributed by atoms with E-state index in [1.807, 2.05) is 32.0 Å². The van der Waals surface area contributed by atoms with Gasteiger partial charge < -0.3 is 29.4 Å². The number of allylic oxidation sites excluding steroid dienone is 1. The molecule has 2 N–H and O–H groups in total. The maximum Gasteiger partial charge on any atom is 0.349 e. The van der Waals surface area contributed by atoms with Gasteiger partial charge in [-0.15, -0.1) is 0 Å². The van der Waals surface area contributed by atoms with E-state index < -0.39 is 11.9 Å². The van der Waals surface area contributed by atoms with Gasteiger partial charge in [-0.2, -0.15) is 5.26 Å². The van der Waals surface area contributed by atoms with Gasteiger partial charge in [-0.3, -0.25) is 0 Å². The summed E-state index contributed by atoms with van der Waals surface area (Å²) in [5, 5.41) is 9.86. The molecular weight excluding hydrogens is 484 g/mol. The van der Waals surface area contributed by atoms with Crippen LogP contribution < -0.4 is 29.4 Å². The molecule has 1 aliphatic heterocycles. The molecule has 8 heteroatoms. The lowest BCUT2D eigenvalue weighted by Crippen LogP contribution is -2.22. The summed E-state index contributed by atoms with van der Waals surface area (Å²) in [4.78, 5) is 12.5. The molecule has 1 unspecified atom stereocenters. The number of hydrogen-bond donors (Lipinski definition) is 1. The van der Waals surface area contributed by atoms with Crippen molar-refractivity contribution in [2.24, 2.45) is 5.73 Å². The van der Waals surface area contributed by atoms with Crippen molar-refractivity contribution < 1.29 is 28.5 Å². The van der Waals surface area contributed by atoms with Crippen molar-refractivity contribution in [3.05, 3.63) is 101 Å². The average Bonchev–Trinajstić information content (AvgIpc) is 2.91. The molecule has 0 saturated heterocycles. The second-order valence-electron chi connectivity index (χ2n) is 8.60. The minimum Gasteiger partial charge on any atom is -0.493 e. The van der Waals surface area contributed by atoms with Crippen molar-refractivity contribution >= 4 is 5.97 Å². The third kappa shape index (κ3) is 5.42. The maximum atomic E-state index is 12.5. The molecule has 194 valence electrons. The maximum absolute atomic E-state index is 12.5. The summed E-state index contributed by atoms with van der Waals surface area (Å²) in [6, 6.07) is 18.1. The number of ether oxygens (including phenoxy) is 5. The second kappa shape index (κ2) is 11.4. The van der Waals surface area contributed by atoms with Crippen LogP contribution in [0, 0.1) is 25.2 Å². The van der Waals surface area contributed by atoms with Crippen LogP contribution in [0.15, 0.2) is 78.7 Å². The standard InChI is InChI=1S/C30H28N2O6/c1-5-13-35-25-12-9-20(14-27(25)34-4)29-22-11-10-21(15-26(22)38-30(32)23(29)16-31)37-28(33)17-36-24-8-6-7-18(2)19(24)3/h5-12,14-15,29H,1,13,17,32H2,2-4H3. The fourth-order valence-corrected chi connectivity index (χ4v) is 4.15. The summed E-state index contributed by atoms with van der Waals surface area (Å²) in [6.07, 6.45) is 1.64. The first-order valence-corrected chi connectivity index (χ1v) is 11.9. The van der Waals surface area contributed by atoms with Crippen LogP contribution >= 0.6 is 0 Å². The summed E-state index contributed by atoms with van der Waals surface area (Å²) < 4.78 is 28.0. The number of aryl methyl sites for hydroxylation is 1. The van der Waals surface area contributed by atoms with Crippen molar-refractivity contribution in [3.8, 4) is 34.8 Å². The van der Waals surface area contributed by atoms with Gasteiger partial charge in [-0.05, 0) is 54.8 Å². The lowest BCUT2D eigenvalue weighted by Gasteiger charge is -2.27. The van der Waals surface area contributed by atoms with Crippen molar-refractivity contribution in [3.63, 3.8) is 0 Å². The number of nitrogens with two attached hydrogens (primary N) is 1. The van der Waals surface area contributed by atoms with Gasteiger partial charge in [-0.25, -0.2) is 4.79 Å². The topological polar surface area (TPSA) is 113 Å². The van der Waals surface area contributed by atoms with Gasteiger partial charge in [0.1, 0.15) is 35.5 Å². The van der Waals surface area contributed by atoms with Gasteiger partial charge in [0.15, 0.2) is 18.1 Å². The number of esters is 1. The van der Waals surface area contributed by atoms with Crippen molar-refractivity contribution in [2.45, 2.75) is 19.8 Å². The molecule has 0 radical (unpaired) electrons. The van der Waals surface area contributed by atoms with E-state index in [1.54, 1.807) is 42.5 Å². The SMILES string of the molecule is C=CCOc1ccc(C2C(C#N)=C(N)Oc3cc(OC(=O)COc4cccc(C)c4C)ccc32)cc1OC. The van der Waals surface area contributed by atoms with Crippen molar-refractivity contribution in [2.75, 3.05) is 20.3 Å². The monoisotopic (exact) mass is 512 g/mol. The molecule has 0 bridgehead atoms. The van der Waals surface area contributed by atoms with Crippen LogP contribution in [0.1, 0.15) is 28.2 Å². The van der Waals surface area contributed by atoms with E-state index in [4.69, 9.17) is 29.4 Å². The Bertz CT molecular complexity index is 1450. The molecule has 1 aliphatic rings. The van der Waals surface area contributed by atoms with Crippen LogP contribution in [0.2, 0.25) is 0 Å². The molecule has 3 aromatic rings. The van der Waals surface area contributed by atoms with Gasteiger partial charge in [-0.1, -0.05) is 36.9 Å². The van der Waals surface area contributed by atoms with E-state index in [1.165, 1.54) is 7.11 Å². The number of hydrogen-bond acceptors (Lipinski definition) is 8. The smallest absolute Gasteiger partial charge is 0.349 e. The van der Waals surface area contributed by atoms with E-state index in [-0.39, 0.29) is 23.8 Å². The fourth-order valence-electron chi connectivity index (χ4n) is 4.15. The summed E-state index contributed by atoms with van der Waals surface area (Å²) in [5.41, 5.74) is 9.85. The summed E-state index contributed by atoms with van der Waals surface area (Å²) >= 11 is 0. The molecule has 0 fully saturated rings. The summed E-state index contributed by atoms with van der Waals surface area (Å²) in [6.45, 7) is 7.62.